The number of nitrogens with zero attached hydrogens (tertiary/aromatic N) is 3. The van der Waals surface area contributed by atoms with Crippen LogP contribution in [0.1, 0.15) is 27.2 Å². The molecule has 18 heavy (non-hydrogen) atoms. The van der Waals surface area contributed by atoms with Crippen LogP contribution >= 0.6 is 0 Å². The Balaban J connectivity index is 0.000000771. The lowest BCUT2D eigenvalue weighted by atomic mass is 10.1. The first-order valence-corrected chi connectivity index (χ1v) is 6.09. The normalized spacial score (nSPS) is 23.6. The van der Waals surface area contributed by atoms with Crippen molar-refractivity contribution in [3.05, 3.63) is 18.5 Å². The molecular weight excluding hydrogens is 243 g/mol. The van der Waals surface area contributed by atoms with Crippen LogP contribution in [0, 0.1) is 5.92 Å². The number of anilines is 1. The molecule has 0 N–H and O–H groups in total. The van der Waals surface area contributed by atoms with E-state index in [4.69, 9.17) is 0 Å². The number of aromatic nitrogens is 2. The number of rotatable bonds is 1. The molecule has 0 radical (unpaired) electrons. The van der Waals surface area contributed by atoms with Gasteiger partial charge in [-0.3, -0.25) is 0 Å². The van der Waals surface area contributed by atoms with Gasteiger partial charge >= 0.3 is 6.18 Å². The Morgan fingerprint density at radius 3 is 2.22 bits per heavy atom. The minimum atomic E-state index is -4.13. The van der Waals surface area contributed by atoms with Gasteiger partial charge in [-0.2, -0.15) is 13.2 Å². The average Bonchev–Trinajstić information content (AvgIpc) is 2.75. The lowest BCUT2D eigenvalue weighted by Crippen LogP contribution is -2.30. The van der Waals surface area contributed by atoms with Gasteiger partial charge in [-0.05, 0) is 19.4 Å². The van der Waals surface area contributed by atoms with Gasteiger partial charge < -0.3 is 4.90 Å². The van der Waals surface area contributed by atoms with Gasteiger partial charge in [0.25, 0.3) is 0 Å². The first-order valence-electron chi connectivity index (χ1n) is 6.09. The van der Waals surface area contributed by atoms with Gasteiger partial charge in [0.05, 0.1) is 5.92 Å². The molecular formula is C12H18F3N3. The Hall–Kier alpha value is -1.33. The van der Waals surface area contributed by atoms with Crippen LogP contribution in [0.5, 0.6) is 0 Å². The molecule has 102 valence electrons. The summed E-state index contributed by atoms with van der Waals surface area (Å²) in [7, 11) is 0. The van der Waals surface area contributed by atoms with Crippen LogP contribution in [0.2, 0.25) is 0 Å². The molecule has 1 saturated heterocycles. The third-order valence-corrected chi connectivity index (χ3v) is 2.85. The summed E-state index contributed by atoms with van der Waals surface area (Å²) < 4.78 is 37.7. The van der Waals surface area contributed by atoms with Crippen molar-refractivity contribution >= 4 is 5.95 Å². The molecule has 0 aliphatic carbocycles. The Morgan fingerprint density at radius 2 is 1.78 bits per heavy atom. The second-order valence-corrected chi connectivity index (χ2v) is 4.02. The SMILES string of the molecule is CC.CC1CC(C(F)(F)F)CN1c1ncccn1. The molecule has 1 aliphatic heterocycles. The van der Waals surface area contributed by atoms with Crippen molar-refractivity contribution in [3.8, 4) is 0 Å². The van der Waals surface area contributed by atoms with Crippen molar-refractivity contribution in [3.63, 3.8) is 0 Å². The van der Waals surface area contributed by atoms with E-state index in [9.17, 15) is 13.2 Å². The lowest BCUT2D eigenvalue weighted by Gasteiger charge is -2.20. The summed E-state index contributed by atoms with van der Waals surface area (Å²) in [5.41, 5.74) is 0. The minimum absolute atomic E-state index is 0.0469. The highest BCUT2D eigenvalue weighted by atomic mass is 19.4. The smallest absolute Gasteiger partial charge is 0.337 e. The third-order valence-electron chi connectivity index (χ3n) is 2.85. The molecule has 2 atom stereocenters. The standard InChI is InChI=1S/C10H12F3N3.C2H6/c1-7-5-8(10(11,12)13)6-16(7)9-14-3-2-4-15-9;1-2/h2-4,7-8H,5-6H2,1H3;1-2H3. The molecule has 3 nitrogen and oxygen atoms in total. The zero-order chi connectivity index (χ0) is 13.8. The Kier molecular flexibility index (Phi) is 4.93. The summed E-state index contributed by atoms with van der Waals surface area (Å²) in [5.74, 6) is -0.895. The fourth-order valence-electron chi connectivity index (χ4n) is 1.99. The van der Waals surface area contributed by atoms with E-state index in [0.29, 0.717) is 5.95 Å². The van der Waals surface area contributed by atoms with Crippen molar-refractivity contribution in [2.75, 3.05) is 11.4 Å². The van der Waals surface area contributed by atoms with Gasteiger partial charge in [0.1, 0.15) is 0 Å². The summed E-state index contributed by atoms with van der Waals surface area (Å²) in [6.07, 6.45) is -0.939. The largest absolute Gasteiger partial charge is 0.393 e. The molecule has 2 heterocycles. The first kappa shape index (κ1) is 14.7. The minimum Gasteiger partial charge on any atom is -0.337 e. The maximum atomic E-state index is 12.6. The van der Waals surface area contributed by atoms with Crippen molar-refractivity contribution in [2.45, 2.75) is 39.4 Å². The van der Waals surface area contributed by atoms with Crippen LogP contribution < -0.4 is 4.90 Å². The van der Waals surface area contributed by atoms with Crippen LogP contribution in [-0.4, -0.2) is 28.7 Å². The third kappa shape index (κ3) is 3.34. The van der Waals surface area contributed by atoms with Gasteiger partial charge in [-0.25, -0.2) is 9.97 Å². The van der Waals surface area contributed by atoms with E-state index in [2.05, 4.69) is 9.97 Å². The summed E-state index contributed by atoms with van der Waals surface area (Å²) in [4.78, 5) is 9.56. The van der Waals surface area contributed by atoms with E-state index in [1.807, 2.05) is 13.8 Å². The fraction of sp³-hybridized carbons (Fsp3) is 0.667. The van der Waals surface area contributed by atoms with Crippen molar-refractivity contribution < 1.29 is 13.2 Å². The highest BCUT2D eigenvalue weighted by Gasteiger charge is 2.46. The van der Waals surface area contributed by atoms with Gasteiger partial charge in [0, 0.05) is 25.0 Å². The molecule has 0 amide bonds. The summed E-state index contributed by atoms with van der Waals surface area (Å²) in [6.45, 7) is 5.72. The predicted molar refractivity (Wildman–Crippen MR) is 64.4 cm³/mol. The van der Waals surface area contributed by atoms with Crippen LogP contribution in [0.15, 0.2) is 18.5 Å². The Morgan fingerprint density at radius 1 is 1.22 bits per heavy atom. The van der Waals surface area contributed by atoms with E-state index in [1.54, 1.807) is 17.9 Å². The van der Waals surface area contributed by atoms with Crippen LogP contribution in [0.25, 0.3) is 0 Å². The maximum absolute atomic E-state index is 12.6. The molecule has 0 saturated carbocycles. The molecule has 1 aliphatic rings. The molecule has 0 bridgehead atoms. The zero-order valence-electron chi connectivity index (χ0n) is 10.8. The topological polar surface area (TPSA) is 29.0 Å². The van der Waals surface area contributed by atoms with Crippen molar-refractivity contribution in [1.29, 1.82) is 0 Å². The summed E-state index contributed by atoms with van der Waals surface area (Å²) in [6, 6.07) is 1.47. The average molecular weight is 261 g/mol. The van der Waals surface area contributed by atoms with E-state index >= 15 is 0 Å². The van der Waals surface area contributed by atoms with Crippen molar-refractivity contribution in [2.24, 2.45) is 5.92 Å². The summed E-state index contributed by atoms with van der Waals surface area (Å²) >= 11 is 0. The van der Waals surface area contributed by atoms with Crippen LogP contribution in [-0.2, 0) is 0 Å². The Labute approximate surface area is 105 Å². The maximum Gasteiger partial charge on any atom is 0.393 e. The Bertz CT molecular complexity index is 353. The molecule has 0 spiro atoms. The van der Waals surface area contributed by atoms with E-state index in [0.717, 1.165) is 0 Å². The molecule has 1 aromatic rings. The zero-order valence-corrected chi connectivity index (χ0v) is 10.8. The molecule has 0 aromatic carbocycles. The van der Waals surface area contributed by atoms with Crippen LogP contribution in [0.4, 0.5) is 19.1 Å². The van der Waals surface area contributed by atoms with E-state index in [1.165, 1.54) is 12.4 Å². The molecule has 6 heteroatoms. The summed E-state index contributed by atoms with van der Waals surface area (Å²) in [5, 5.41) is 0. The quantitative estimate of drug-likeness (QED) is 0.776. The predicted octanol–water partition coefficient (Wildman–Crippen LogP) is 3.28. The second kappa shape index (κ2) is 6.02. The lowest BCUT2D eigenvalue weighted by molar-refractivity contribution is -0.168. The number of alkyl halides is 3. The molecule has 1 fully saturated rings. The van der Waals surface area contributed by atoms with Crippen molar-refractivity contribution in [1.82, 2.24) is 9.97 Å². The highest BCUT2D eigenvalue weighted by molar-refractivity contribution is 5.32. The molecule has 2 rings (SSSR count). The second-order valence-electron chi connectivity index (χ2n) is 4.02. The molecule has 1 aromatic heterocycles. The molecule has 2 unspecified atom stereocenters. The highest BCUT2D eigenvalue weighted by Crippen LogP contribution is 2.37. The number of halogens is 3. The first-order chi connectivity index (χ1) is 8.48. The van der Waals surface area contributed by atoms with E-state index in [-0.39, 0.29) is 19.0 Å². The monoisotopic (exact) mass is 261 g/mol. The van der Waals surface area contributed by atoms with Gasteiger partial charge in [-0.15, -0.1) is 0 Å². The van der Waals surface area contributed by atoms with Gasteiger partial charge in [0.15, 0.2) is 0 Å². The number of hydrogen-bond donors (Lipinski definition) is 0. The van der Waals surface area contributed by atoms with Gasteiger partial charge in [-0.1, -0.05) is 13.8 Å². The fourth-order valence-corrected chi connectivity index (χ4v) is 1.99. The van der Waals surface area contributed by atoms with Crippen LogP contribution in [0.3, 0.4) is 0 Å². The van der Waals surface area contributed by atoms with Gasteiger partial charge in [0.2, 0.25) is 5.95 Å². The number of hydrogen-bond acceptors (Lipinski definition) is 3. The van der Waals surface area contributed by atoms with E-state index < -0.39 is 12.1 Å².